The molecule has 0 radical (unpaired) electrons. The second-order valence-corrected chi connectivity index (χ2v) is 5.71. The second kappa shape index (κ2) is 8.01. The molecule has 1 heterocycles. The van der Waals surface area contributed by atoms with Gasteiger partial charge in [-0.25, -0.2) is 0 Å². The van der Waals surface area contributed by atoms with E-state index in [0.717, 1.165) is 0 Å². The molecule has 0 aromatic heterocycles. The second-order valence-electron chi connectivity index (χ2n) is 5.71. The summed E-state index contributed by atoms with van der Waals surface area (Å²) in [6.45, 7) is 0.394. The zero-order valence-corrected chi connectivity index (χ0v) is 14.2. The number of nitrogens with zero attached hydrogens (tertiary/aromatic N) is 1. The third-order valence-electron chi connectivity index (χ3n) is 4.30. The number of carboxylic acids is 1. The zero-order chi connectivity index (χ0) is 17.7. The number of hydrogen-bond acceptors (Lipinski definition) is 5. The minimum absolute atomic E-state index is 0.0831. The van der Waals surface area contributed by atoms with Crippen LogP contribution >= 0.6 is 0 Å². The molecule has 1 aromatic carbocycles. The molecule has 0 bridgehead atoms. The van der Waals surface area contributed by atoms with Gasteiger partial charge in [0.1, 0.15) is 11.5 Å². The van der Waals surface area contributed by atoms with Crippen LogP contribution in [-0.2, 0) is 20.7 Å². The third kappa shape index (κ3) is 3.97. The third-order valence-corrected chi connectivity index (χ3v) is 4.30. The highest BCUT2D eigenvalue weighted by Gasteiger charge is 2.36. The summed E-state index contributed by atoms with van der Waals surface area (Å²) in [5.41, 5.74) is 0.655. The van der Waals surface area contributed by atoms with E-state index < -0.39 is 5.97 Å². The van der Waals surface area contributed by atoms with E-state index in [1.54, 1.807) is 30.2 Å². The van der Waals surface area contributed by atoms with Crippen molar-refractivity contribution < 1.29 is 28.9 Å². The summed E-state index contributed by atoms with van der Waals surface area (Å²) in [5, 5.41) is 9.07. The number of rotatable bonds is 7. The van der Waals surface area contributed by atoms with Gasteiger partial charge in [-0.15, -0.1) is 0 Å². The van der Waals surface area contributed by atoms with Gasteiger partial charge in [0.05, 0.1) is 33.2 Å². The highest BCUT2D eigenvalue weighted by molar-refractivity contribution is 5.82. The lowest BCUT2D eigenvalue weighted by Crippen LogP contribution is -2.38. The van der Waals surface area contributed by atoms with Gasteiger partial charge in [-0.05, 0) is 18.6 Å². The highest BCUT2D eigenvalue weighted by Crippen LogP contribution is 2.31. The SMILES string of the molecule is COc1cccc(OC)c1CC(=O)N1CC(OC)CC1CC(=O)O. The molecule has 7 heteroatoms. The van der Waals surface area contributed by atoms with Gasteiger partial charge >= 0.3 is 5.97 Å². The maximum absolute atomic E-state index is 12.8. The molecule has 1 fully saturated rings. The summed E-state index contributed by atoms with van der Waals surface area (Å²) >= 11 is 0. The number of hydrogen-bond donors (Lipinski definition) is 1. The molecular formula is C17H23NO6. The van der Waals surface area contributed by atoms with Gasteiger partial charge in [-0.1, -0.05) is 6.07 Å². The fourth-order valence-electron chi connectivity index (χ4n) is 3.10. The van der Waals surface area contributed by atoms with Crippen molar-refractivity contribution >= 4 is 11.9 Å². The summed E-state index contributed by atoms with van der Waals surface area (Å²) in [6, 6.07) is 4.96. The number of amides is 1. The minimum Gasteiger partial charge on any atom is -0.496 e. The van der Waals surface area contributed by atoms with Crippen molar-refractivity contribution in [2.75, 3.05) is 27.9 Å². The van der Waals surface area contributed by atoms with E-state index in [2.05, 4.69) is 0 Å². The van der Waals surface area contributed by atoms with Crippen molar-refractivity contribution in [3.63, 3.8) is 0 Å². The van der Waals surface area contributed by atoms with Crippen LogP contribution in [0.5, 0.6) is 11.5 Å². The number of aliphatic carboxylic acids is 1. The van der Waals surface area contributed by atoms with Crippen LogP contribution < -0.4 is 9.47 Å². The Labute approximate surface area is 141 Å². The largest absolute Gasteiger partial charge is 0.496 e. The molecular weight excluding hydrogens is 314 g/mol. The first-order chi connectivity index (χ1) is 11.5. The molecule has 1 amide bonds. The van der Waals surface area contributed by atoms with Gasteiger partial charge in [0.25, 0.3) is 0 Å². The van der Waals surface area contributed by atoms with Crippen LogP contribution in [0, 0.1) is 0 Å². The molecule has 1 aliphatic heterocycles. The Kier molecular flexibility index (Phi) is 6.03. The molecule has 1 aliphatic rings. The van der Waals surface area contributed by atoms with Crippen molar-refractivity contribution in [2.45, 2.75) is 31.4 Å². The van der Waals surface area contributed by atoms with Crippen LogP contribution in [-0.4, -0.2) is 61.9 Å². The summed E-state index contributed by atoms with van der Waals surface area (Å²) in [7, 11) is 4.64. The first-order valence-corrected chi connectivity index (χ1v) is 7.74. The van der Waals surface area contributed by atoms with Crippen molar-refractivity contribution in [3.8, 4) is 11.5 Å². The lowest BCUT2D eigenvalue weighted by atomic mass is 10.1. The Hall–Kier alpha value is -2.28. The van der Waals surface area contributed by atoms with Crippen LogP contribution in [0.1, 0.15) is 18.4 Å². The molecule has 2 rings (SSSR count). The van der Waals surface area contributed by atoms with Crippen LogP contribution in [0.15, 0.2) is 18.2 Å². The predicted octanol–water partition coefficient (Wildman–Crippen LogP) is 1.34. The van der Waals surface area contributed by atoms with Crippen molar-refractivity contribution in [1.82, 2.24) is 4.90 Å². The number of ether oxygens (including phenoxy) is 3. The molecule has 1 N–H and O–H groups in total. The first kappa shape index (κ1) is 18.1. The lowest BCUT2D eigenvalue weighted by Gasteiger charge is -2.24. The van der Waals surface area contributed by atoms with E-state index in [1.165, 1.54) is 14.2 Å². The summed E-state index contributed by atoms with van der Waals surface area (Å²) in [6.07, 6.45) is 0.379. The monoisotopic (exact) mass is 337 g/mol. The summed E-state index contributed by atoms with van der Waals surface area (Å²) in [5.74, 6) is 0.0490. The smallest absolute Gasteiger partial charge is 0.305 e. The number of benzene rings is 1. The molecule has 0 spiro atoms. The van der Waals surface area contributed by atoms with Crippen molar-refractivity contribution in [1.29, 1.82) is 0 Å². The van der Waals surface area contributed by atoms with Crippen molar-refractivity contribution in [3.05, 3.63) is 23.8 Å². The first-order valence-electron chi connectivity index (χ1n) is 7.74. The standard InChI is InChI=1S/C17H23NO6/c1-22-12-7-11(8-17(20)21)18(10-12)16(19)9-13-14(23-2)5-4-6-15(13)24-3/h4-6,11-12H,7-10H2,1-3H3,(H,20,21). The molecule has 1 saturated heterocycles. The fraction of sp³-hybridized carbons (Fsp3) is 0.529. The maximum Gasteiger partial charge on any atom is 0.305 e. The van der Waals surface area contributed by atoms with Crippen molar-refractivity contribution in [2.24, 2.45) is 0 Å². The molecule has 132 valence electrons. The number of carbonyl (C=O) groups is 2. The fourth-order valence-corrected chi connectivity index (χ4v) is 3.10. The van der Waals surface area contributed by atoms with E-state index in [0.29, 0.717) is 30.0 Å². The molecule has 0 aliphatic carbocycles. The van der Waals surface area contributed by atoms with Gasteiger partial charge in [0, 0.05) is 25.3 Å². The van der Waals surface area contributed by atoms with E-state index >= 15 is 0 Å². The topological polar surface area (TPSA) is 85.3 Å². The van der Waals surface area contributed by atoms with Gasteiger partial charge in [0.15, 0.2) is 0 Å². The van der Waals surface area contributed by atoms with E-state index in [9.17, 15) is 9.59 Å². The predicted molar refractivity (Wildman–Crippen MR) is 86.4 cm³/mol. The van der Waals surface area contributed by atoms with Gasteiger partial charge in [-0.2, -0.15) is 0 Å². The Morgan fingerprint density at radius 1 is 1.21 bits per heavy atom. The summed E-state index contributed by atoms with van der Waals surface area (Å²) in [4.78, 5) is 25.4. The summed E-state index contributed by atoms with van der Waals surface area (Å²) < 4.78 is 15.9. The average molecular weight is 337 g/mol. The van der Waals surface area contributed by atoms with Crippen LogP contribution in [0.3, 0.4) is 0 Å². The molecule has 1 aromatic rings. The molecule has 24 heavy (non-hydrogen) atoms. The maximum atomic E-state index is 12.8. The van der Waals surface area contributed by atoms with Crippen LogP contribution in [0.2, 0.25) is 0 Å². The van der Waals surface area contributed by atoms with Gasteiger partial charge < -0.3 is 24.2 Å². The number of methoxy groups -OCH3 is 3. The lowest BCUT2D eigenvalue weighted by molar-refractivity contribution is -0.139. The minimum atomic E-state index is -0.926. The number of carbonyl (C=O) groups excluding carboxylic acids is 1. The number of carboxylic acid groups (broad SMARTS) is 1. The Bertz CT molecular complexity index is 580. The van der Waals surface area contributed by atoms with Crippen LogP contribution in [0.4, 0.5) is 0 Å². The van der Waals surface area contributed by atoms with Gasteiger partial charge in [0.2, 0.25) is 5.91 Å². The Morgan fingerprint density at radius 3 is 2.33 bits per heavy atom. The quantitative estimate of drug-likeness (QED) is 0.808. The van der Waals surface area contributed by atoms with E-state index in [4.69, 9.17) is 19.3 Å². The highest BCUT2D eigenvalue weighted by atomic mass is 16.5. The molecule has 2 atom stereocenters. The Morgan fingerprint density at radius 2 is 1.83 bits per heavy atom. The zero-order valence-electron chi connectivity index (χ0n) is 14.2. The number of likely N-dealkylation sites (tertiary alicyclic amines) is 1. The molecule has 2 unspecified atom stereocenters. The Balaban J connectivity index is 2.20. The molecule has 7 nitrogen and oxygen atoms in total. The molecule has 0 saturated carbocycles. The van der Waals surface area contributed by atoms with Crippen LogP contribution in [0.25, 0.3) is 0 Å². The normalized spacial score (nSPS) is 20.0. The van der Waals surface area contributed by atoms with Gasteiger partial charge in [-0.3, -0.25) is 9.59 Å². The van der Waals surface area contributed by atoms with E-state index in [1.807, 2.05) is 0 Å². The van der Waals surface area contributed by atoms with E-state index in [-0.39, 0.29) is 30.9 Å². The average Bonchev–Trinajstić information content (AvgIpc) is 2.97.